The van der Waals surface area contributed by atoms with Crippen molar-refractivity contribution in [1.82, 2.24) is 4.90 Å². The largest absolute Gasteiger partial charge is 0.468 e. The summed E-state index contributed by atoms with van der Waals surface area (Å²) in [5.41, 5.74) is 6.15. The van der Waals surface area contributed by atoms with Gasteiger partial charge in [0.05, 0.1) is 18.9 Å². The van der Waals surface area contributed by atoms with Crippen molar-refractivity contribution in [2.24, 2.45) is 5.73 Å². The molecule has 1 atom stereocenters. The molecule has 0 aliphatic heterocycles. The molecule has 1 aromatic rings. The smallest absolute Gasteiger partial charge is 0.123 e. The lowest BCUT2D eigenvalue weighted by atomic mass is 10.1. The van der Waals surface area contributed by atoms with Crippen molar-refractivity contribution < 1.29 is 9.52 Å². The first-order valence-electron chi connectivity index (χ1n) is 4.24. The number of nitrogens with two attached hydrogens (primary N) is 1. The lowest BCUT2D eigenvalue weighted by Gasteiger charge is -2.11. The van der Waals surface area contributed by atoms with Gasteiger partial charge in [0.25, 0.3) is 0 Å². The second-order valence-corrected chi connectivity index (χ2v) is 3.29. The monoisotopic (exact) mass is 184 g/mol. The summed E-state index contributed by atoms with van der Waals surface area (Å²) in [7, 11) is 3.89. The van der Waals surface area contributed by atoms with Crippen molar-refractivity contribution in [3.8, 4) is 0 Å². The molecule has 0 spiro atoms. The number of rotatable bonds is 4. The minimum atomic E-state index is -0.617. The first-order chi connectivity index (χ1) is 6.15. The zero-order valence-electron chi connectivity index (χ0n) is 8.03. The Kier molecular flexibility index (Phi) is 3.48. The second kappa shape index (κ2) is 4.41. The van der Waals surface area contributed by atoms with E-state index in [0.717, 1.165) is 11.3 Å². The third-order valence-electron chi connectivity index (χ3n) is 1.82. The summed E-state index contributed by atoms with van der Waals surface area (Å²) in [6.45, 7) is 0.902. The predicted molar refractivity (Wildman–Crippen MR) is 50.1 cm³/mol. The number of aliphatic hydroxyl groups is 1. The predicted octanol–water partition coefficient (Wildman–Crippen LogP) is 0.333. The van der Waals surface area contributed by atoms with Gasteiger partial charge in [-0.2, -0.15) is 0 Å². The topological polar surface area (TPSA) is 62.6 Å². The molecule has 1 aromatic heterocycles. The minimum absolute atomic E-state index is 0.222. The van der Waals surface area contributed by atoms with Crippen LogP contribution in [0.15, 0.2) is 16.7 Å². The van der Waals surface area contributed by atoms with Crippen LogP contribution in [0, 0.1) is 0 Å². The van der Waals surface area contributed by atoms with E-state index < -0.39 is 6.10 Å². The van der Waals surface area contributed by atoms with Crippen LogP contribution >= 0.6 is 0 Å². The number of nitrogens with zero attached hydrogens (tertiary/aromatic N) is 1. The maximum atomic E-state index is 9.51. The third-order valence-corrected chi connectivity index (χ3v) is 1.82. The Bertz CT molecular complexity index is 258. The average Bonchev–Trinajstić information content (AvgIpc) is 2.50. The van der Waals surface area contributed by atoms with Crippen molar-refractivity contribution in [3.63, 3.8) is 0 Å². The van der Waals surface area contributed by atoms with Crippen LogP contribution in [0.2, 0.25) is 0 Å². The summed E-state index contributed by atoms with van der Waals surface area (Å²) < 4.78 is 5.24. The van der Waals surface area contributed by atoms with Gasteiger partial charge in [0.2, 0.25) is 0 Å². The molecule has 0 aliphatic carbocycles. The number of hydrogen-bond donors (Lipinski definition) is 2. The normalized spacial score (nSPS) is 13.6. The van der Waals surface area contributed by atoms with Gasteiger partial charge in [-0.3, -0.25) is 0 Å². The lowest BCUT2D eigenvalue weighted by molar-refractivity contribution is 0.182. The summed E-state index contributed by atoms with van der Waals surface area (Å²) in [6.07, 6.45) is 0.959. The molecule has 0 fully saturated rings. The Morgan fingerprint density at radius 3 is 2.85 bits per heavy atom. The van der Waals surface area contributed by atoms with E-state index in [9.17, 15) is 5.11 Å². The fourth-order valence-corrected chi connectivity index (χ4v) is 1.19. The molecule has 1 heterocycles. The fraction of sp³-hybridized carbons (Fsp3) is 0.556. The van der Waals surface area contributed by atoms with Gasteiger partial charge >= 0.3 is 0 Å². The molecule has 4 nitrogen and oxygen atoms in total. The maximum Gasteiger partial charge on any atom is 0.123 e. The summed E-state index contributed by atoms with van der Waals surface area (Å²) >= 11 is 0. The van der Waals surface area contributed by atoms with Crippen LogP contribution in [0.25, 0.3) is 0 Å². The Hall–Kier alpha value is -0.840. The van der Waals surface area contributed by atoms with Gasteiger partial charge in [0.1, 0.15) is 5.76 Å². The molecule has 3 N–H and O–H groups in total. The molecule has 4 heteroatoms. The van der Waals surface area contributed by atoms with Gasteiger partial charge in [0, 0.05) is 12.1 Å². The fourth-order valence-electron chi connectivity index (χ4n) is 1.19. The van der Waals surface area contributed by atoms with Crippen molar-refractivity contribution in [2.75, 3.05) is 20.6 Å². The summed E-state index contributed by atoms with van der Waals surface area (Å²) in [4.78, 5) is 1.98. The van der Waals surface area contributed by atoms with Gasteiger partial charge in [-0.15, -0.1) is 0 Å². The molecule has 1 rings (SSSR count). The Labute approximate surface area is 77.9 Å². The van der Waals surface area contributed by atoms with Crippen LogP contribution in [0.3, 0.4) is 0 Å². The summed E-state index contributed by atoms with van der Waals surface area (Å²) in [5, 5.41) is 9.51. The lowest BCUT2D eigenvalue weighted by Crippen LogP contribution is -2.16. The maximum absolute atomic E-state index is 9.51. The van der Waals surface area contributed by atoms with E-state index in [-0.39, 0.29) is 6.54 Å². The molecule has 1 unspecified atom stereocenters. The molecular formula is C9H16N2O2. The first-order valence-corrected chi connectivity index (χ1v) is 4.24. The highest BCUT2D eigenvalue weighted by Crippen LogP contribution is 2.19. The van der Waals surface area contributed by atoms with Gasteiger partial charge in [0.15, 0.2) is 0 Å². The molecular weight excluding hydrogens is 168 g/mol. The highest BCUT2D eigenvalue weighted by atomic mass is 16.3. The van der Waals surface area contributed by atoms with Crippen LogP contribution < -0.4 is 5.73 Å². The highest BCUT2D eigenvalue weighted by Gasteiger charge is 2.13. The number of furan rings is 1. The Morgan fingerprint density at radius 2 is 2.31 bits per heavy atom. The van der Waals surface area contributed by atoms with Crippen LogP contribution in [-0.2, 0) is 6.54 Å². The standard InChI is InChI=1S/C9H16N2O2/c1-11(2)6-9-7(3-4-13-9)8(12)5-10/h3-4,8,12H,5-6,10H2,1-2H3. The molecule has 74 valence electrons. The van der Waals surface area contributed by atoms with E-state index in [4.69, 9.17) is 10.2 Å². The van der Waals surface area contributed by atoms with Crippen LogP contribution in [0.1, 0.15) is 17.4 Å². The van der Waals surface area contributed by atoms with Gasteiger partial charge < -0.3 is 20.2 Å². The molecule has 0 amide bonds. The van der Waals surface area contributed by atoms with Crippen LogP contribution in [0.5, 0.6) is 0 Å². The van der Waals surface area contributed by atoms with E-state index in [0.29, 0.717) is 6.54 Å². The Balaban J connectivity index is 2.76. The van der Waals surface area contributed by atoms with Crippen LogP contribution in [0.4, 0.5) is 0 Å². The first kappa shape index (κ1) is 10.2. The van der Waals surface area contributed by atoms with Crippen molar-refractivity contribution in [3.05, 3.63) is 23.7 Å². The SMILES string of the molecule is CN(C)Cc1occc1C(O)CN. The highest BCUT2D eigenvalue weighted by molar-refractivity contribution is 5.20. The summed E-state index contributed by atoms with van der Waals surface area (Å²) in [6, 6.07) is 1.76. The van der Waals surface area contributed by atoms with Gasteiger partial charge in [-0.05, 0) is 20.2 Å². The van der Waals surface area contributed by atoms with Crippen LogP contribution in [-0.4, -0.2) is 30.6 Å². The third kappa shape index (κ3) is 2.55. The molecule has 0 radical (unpaired) electrons. The molecule has 0 saturated carbocycles. The molecule has 13 heavy (non-hydrogen) atoms. The van der Waals surface area contributed by atoms with Crippen molar-refractivity contribution in [1.29, 1.82) is 0 Å². The molecule has 0 bridgehead atoms. The molecule has 0 saturated heterocycles. The van der Waals surface area contributed by atoms with Gasteiger partial charge in [-0.25, -0.2) is 0 Å². The minimum Gasteiger partial charge on any atom is -0.468 e. The van der Waals surface area contributed by atoms with E-state index in [2.05, 4.69) is 0 Å². The van der Waals surface area contributed by atoms with E-state index in [1.165, 1.54) is 0 Å². The molecule has 0 aromatic carbocycles. The number of hydrogen-bond acceptors (Lipinski definition) is 4. The van der Waals surface area contributed by atoms with Crippen molar-refractivity contribution >= 4 is 0 Å². The van der Waals surface area contributed by atoms with Gasteiger partial charge in [-0.1, -0.05) is 0 Å². The molecule has 0 aliphatic rings. The van der Waals surface area contributed by atoms with E-state index in [1.807, 2.05) is 19.0 Å². The quantitative estimate of drug-likeness (QED) is 0.708. The second-order valence-electron chi connectivity index (χ2n) is 3.29. The Morgan fingerprint density at radius 1 is 1.62 bits per heavy atom. The zero-order chi connectivity index (χ0) is 9.84. The van der Waals surface area contributed by atoms with E-state index >= 15 is 0 Å². The average molecular weight is 184 g/mol. The van der Waals surface area contributed by atoms with E-state index in [1.54, 1.807) is 12.3 Å². The summed E-state index contributed by atoms with van der Waals surface area (Å²) in [5.74, 6) is 0.781. The zero-order valence-corrected chi connectivity index (χ0v) is 8.03. The number of aliphatic hydroxyl groups excluding tert-OH is 1. The van der Waals surface area contributed by atoms with Crippen molar-refractivity contribution in [2.45, 2.75) is 12.6 Å².